The molecule has 4 aromatic rings. The highest BCUT2D eigenvalue weighted by atomic mass is 16.3. The first-order valence-corrected chi connectivity index (χ1v) is 9.43. The molecule has 0 amide bonds. The Labute approximate surface area is 165 Å². The van der Waals surface area contributed by atoms with Crippen LogP contribution in [0.25, 0.3) is 40.5 Å². The van der Waals surface area contributed by atoms with Gasteiger partial charge in [0.25, 0.3) is 0 Å². The molecule has 0 atom stereocenters. The van der Waals surface area contributed by atoms with E-state index in [4.69, 9.17) is 4.42 Å². The minimum Gasteiger partial charge on any atom is -0.441 e. The monoisotopic (exact) mass is 365 g/mol. The molecule has 0 unspecified atom stereocenters. The van der Waals surface area contributed by atoms with Crippen molar-refractivity contribution in [2.75, 3.05) is 0 Å². The van der Waals surface area contributed by atoms with Gasteiger partial charge in [-0.05, 0) is 71.0 Å². The summed E-state index contributed by atoms with van der Waals surface area (Å²) >= 11 is 0. The molecule has 3 aromatic carbocycles. The van der Waals surface area contributed by atoms with Crippen molar-refractivity contribution in [1.82, 2.24) is 4.98 Å². The molecule has 138 valence electrons. The fraction of sp³-hybridized carbons (Fsp3) is 0.115. The summed E-state index contributed by atoms with van der Waals surface area (Å²) in [6.07, 6.45) is 6.24. The van der Waals surface area contributed by atoms with Crippen molar-refractivity contribution in [1.29, 1.82) is 0 Å². The number of hydrogen-bond acceptors (Lipinski definition) is 2. The number of aryl methyl sites for hydroxylation is 2. The van der Waals surface area contributed by atoms with Gasteiger partial charge in [0.2, 0.25) is 0 Å². The largest absolute Gasteiger partial charge is 0.441 e. The number of fused-ring (bicyclic) bond motifs is 1. The molecule has 0 radical (unpaired) electrons. The van der Waals surface area contributed by atoms with Crippen molar-refractivity contribution in [3.05, 3.63) is 94.9 Å². The van der Waals surface area contributed by atoms with E-state index in [-0.39, 0.29) is 0 Å². The Morgan fingerprint density at radius 1 is 0.893 bits per heavy atom. The molecule has 0 bridgehead atoms. The zero-order valence-corrected chi connectivity index (χ0v) is 16.5. The van der Waals surface area contributed by atoms with E-state index in [9.17, 15) is 0 Å². The quantitative estimate of drug-likeness (QED) is 0.356. The van der Waals surface area contributed by atoms with Gasteiger partial charge in [-0.25, -0.2) is 4.98 Å². The highest BCUT2D eigenvalue weighted by Gasteiger charge is 2.08. The molecular formula is C26H23NO. The summed E-state index contributed by atoms with van der Waals surface area (Å²) in [4.78, 5) is 4.39. The third-order valence-electron chi connectivity index (χ3n) is 5.16. The molecule has 2 heteroatoms. The Hall–Kier alpha value is -3.39. The van der Waals surface area contributed by atoms with Crippen molar-refractivity contribution in [2.24, 2.45) is 0 Å². The molecule has 0 N–H and O–H groups in total. The average Bonchev–Trinajstić information content (AvgIpc) is 3.07. The topological polar surface area (TPSA) is 26.0 Å². The number of nitrogens with zero attached hydrogens (tertiary/aromatic N) is 1. The minimum atomic E-state index is 0.692. The normalized spacial score (nSPS) is 11.4. The highest BCUT2D eigenvalue weighted by molar-refractivity contribution is 5.83. The first kappa shape index (κ1) is 18.0. The summed E-state index contributed by atoms with van der Waals surface area (Å²) in [5.41, 5.74) is 10.1. The van der Waals surface area contributed by atoms with Gasteiger partial charge in [0.05, 0.1) is 0 Å². The van der Waals surface area contributed by atoms with Crippen LogP contribution in [0.5, 0.6) is 0 Å². The molecule has 28 heavy (non-hydrogen) atoms. The van der Waals surface area contributed by atoms with Crippen LogP contribution in [-0.4, -0.2) is 4.98 Å². The molecule has 0 spiro atoms. The van der Waals surface area contributed by atoms with E-state index in [0.29, 0.717) is 5.89 Å². The number of aromatic nitrogens is 1. The van der Waals surface area contributed by atoms with Gasteiger partial charge in [-0.3, -0.25) is 0 Å². The van der Waals surface area contributed by atoms with Crippen LogP contribution in [0.2, 0.25) is 0 Å². The van der Waals surface area contributed by atoms with Gasteiger partial charge < -0.3 is 4.42 Å². The lowest BCUT2D eigenvalue weighted by Crippen LogP contribution is -1.88. The predicted octanol–water partition coefficient (Wildman–Crippen LogP) is 7.23. The van der Waals surface area contributed by atoms with Gasteiger partial charge in [0.1, 0.15) is 5.52 Å². The summed E-state index contributed by atoms with van der Waals surface area (Å²) < 4.78 is 5.71. The van der Waals surface area contributed by atoms with Crippen LogP contribution in [0, 0.1) is 20.8 Å². The molecule has 2 nitrogen and oxygen atoms in total. The number of benzene rings is 3. The van der Waals surface area contributed by atoms with Crippen LogP contribution in [-0.2, 0) is 0 Å². The van der Waals surface area contributed by atoms with Gasteiger partial charge in [-0.15, -0.1) is 0 Å². The molecule has 0 fully saturated rings. The highest BCUT2D eigenvalue weighted by Crippen LogP contribution is 2.30. The average molecular weight is 365 g/mol. The molecule has 0 aliphatic carbocycles. The summed E-state index contributed by atoms with van der Waals surface area (Å²) in [6, 6.07) is 19.0. The minimum absolute atomic E-state index is 0.692. The summed E-state index contributed by atoms with van der Waals surface area (Å²) in [6.45, 7) is 10.0. The zero-order chi connectivity index (χ0) is 19.7. The fourth-order valence-corrected chi connectivity index (χ4v) is 3.50. The van der Waals surface area contributed by atoms with Crippen molar-refractivity contribution < 1.29 is 4.42 Å². The van der Waals surface area contributed by atoms with Crippen LogP contribution in [0.15, 0.2) is 65.6 Å². The Morgan fingerprint density at radius 3 is 2.54 bits per heavy atom. The van der Waals surface area contributed by atoms with Crippen molar-refractivity contribution in [2.45, 2.75) is 20.8 Å². The smallest absolute Gasteiger partial charge is 0.192 e. The summed E-state index contributed by atoms with van der Waals surface area (Å²) in [5, 5.41) is 0. The van der Waals surface area contributed by atoms with Crippen molar-refractivity contribution in [3.63, 3.8) is 0 Å². The van der Waals surface area contributed by atoms with Crippen molar-refractivity contribution >= 4 is 29.3 Å². The second kappa shape index (κ2) is 7.32. The lowest BCUT2D eigenvalue weighted by Gasteiger charge is -2.09. The Morgan fingerprint density at radius 2 is 1.71 bits per heavy atom. The van der Waals surface area contributed by atoms with Crippen LogP contribution in [0.1, 0.15) is 33.7 Å². The van der Waals surface area contributed by atoms with E-state index >= 15 is 0 Å². The Balaban J connectivity index is 1.73. The van der Waals surface area contributed by atoms with E-state index in [2.05, 4.69) is 86.1 Å². The van der Waals surface area contributed by atoms with E-state index in [1.807, 2.05) is 19.1 Å². The predicted molar refractivity (Wildman–Crippen MR) is 119 cm³/mol. The van der Waals surface area contributed by atoms with Crippen LogP contribution in [0.4, 0.5) is 0 Å². The van der Waals surface area contributed by atoms with Gasteiger partial charge in [-0.1, -0.05) is 61.2 Å². The standard InChI is InChI=1S/C26H23NO/c1-5-20-10-9-17(2)22(15-20)12-11-21-7-6-8-24(18(21)3)23-13-14-25-26(16-23)28-19(4)27-25/h5-16H,1H2,2-4H3/b12-11+. The Kier molecular flexibility index (Phi) is 4.70. The number of rotatable bonds is 4. The van der Waals surface area contributed by atoms with Crippen LogP contribution in [0.3, 0.4) is 0 Å². The van der Waals surface area contributed by atoms with Gasteiger partial charge >= 0.3 is 0 Å². The van der Waals surface area contributed by atoms with E-state index in [0.717, 1.165) is 22.2 Å². The maximum absolute atomic E-state index is 5.71. The molecule has 1 heterocycles. The number of oxazole rings is 1. The molecule has 0 saturated carbocycles. The zero-order valence-electron chi connectivity index (χ0n) is 16.5. The van der Waals surface area contributed by atoms with Gasteiger partial charge in [0.15, 0.2) is 11.5 Å². The molecule has 0 saturated heterocycles. The maximum Gasteiger partial charge on any atom is 0.192 e. The molecular weight excluding hydrogens is 342 g/mol. The van der Waals surface area contributed by atoms with Gasteiger partial charge in [0, 0.05) is 6.92 Å². The fourth-order valence-electron chi connectivity index (χ4n) is 3.50. The molecule has 1 aromatic heterocycles. The third-order valence-corrected chi connectivity index (χ3v) is 5.16. The van der Waals surface area contributed by atoms with Crippen LogP contribution < -0.4 is 0 Å². The SMILES string of the molecule is C=Cc1ccc(C)c(/C=C/c2cccc(-c3ccc4nc(C)oc4c3)c2C)c1. The lowest BCUT2D eigenvalue weighted by atomic mass is 9.95. The molecule has 0 aliphatic heterocycles. The summed E-state index contributed by atoms with van der Waals surface area (Å²) in [7, 11) is 0. The second-order valence-electron chi connectivity index (χ2n) is 7.09. The summed E-state index contributed by atoms with van der Waals surface area (Å²) in [5.74, 6) is 0.692. The third kappa shape index (κ3) is 3.41. The lowest BCUT2D eigenvalue weighted by molar-refractivity contribution is 0.561. The van der Waals surface area contributed by atoms with Crippen LogP contribution >= 0.6 is 0 Å². The van der Waals surface area contributed by atoms with Crippen molar-refractivity contribution in [3.8, 4) is 11.1 Å². The van der Waals surface area contributed by atoms with E-state index in [1.54, 1.807) is 0 Å². The first-order chi connectivity index (χ1) is 13.5. The maximum atomic E-state index is 5.71. The molecule has 0 aliphatic rings. The molecule has 4 rings (SSSR count). The van der Waals surface area contributed by atoms with E-state index in [1.165, 1.54) is 27.8 Å². The van der Waals surface area contributed by atoms with E-state index < -0.39 is 0 Å². The number of hydrogen-bond donors (Lipinski definition) is 0. The first-order valence-electron chi connectivity index (χ1n) is 9.43. The second-order valence-corrected chi connectivity index (χ2v) is 7.09. The van der Waals surface area contributed by atoms with Gasteiger partial charge in [-0.2, -0.15) is 0 Å². The Bertz CT molecular complexity index is 1210.